The van der Waals surface area contributed by atoms with Crippen molar-refractivity contribution in [3.8, 4) is 0 Å². The van der Waals surface area contributed by atoms with E-state index in [-0.39, 0.29) is 18.6 Å². The SMILES string of the molecule is NOC(=O)[C@](Cc1ccccc1)(C(=O)CCCCCBr)C(c1ccccc1)c1ccccc1. The average molecular weight is 508 g/mol. The zero-order chi connectivity index (χ0) is 23.5. The Bertz CT molecular complexity index is 972. The lowest BCUT2D eigenvalue weighted by Crippen LogP contribution is -2.48. The number of alkyl halides is 1. The highest BCUT2D eigenvalue weighted by molar-refractivity contribution is 9.09. The maximum absolute atomic E-state index is 14.1. The maximum Gasteiger partial charge on any atom is 0.339 e. The van der Waals surface area contributed by atoms with Crippen molar-refractivity contribution in [1.29, 1.82) is 0 Å². The van der Waals surface area contributed by atoms with Crippen LogP contribution in [0.5, 0.6) is 0 Å². The quantitative estimate of drug-likeness (QED) is 0.141. The van der Waals surface area contributed by atoms with E-state index in [0.29, 0.717) is 6.42 Å². The molecule has 1 atom stereocenters. The molecule has 5 heteroatoms. The Kier molecular flexibility index (Phi) is 9.40. The van der Waals surface area contributed by atoms with Crippen LogP contribution in [0.2, 0.25) is 0 Å². The molecule has 0 aliphatic carbocycles. The smallest absolute Gasteiger partial charge is 0.339 e. The third kappa shape index (κ3) is 5.98. The molecule has 0 aromatic heterocycles. The number of hydrogen-bond acceptors (Lipinski definition) is 4. The van der Waals surface area contributed by atoms with Gasteiger partial charge in [0.05, 0.1) is 0 Å². The summed E-state index contributed by atoms with van der Waals surface area (Å²) in [5, 5.41) is 0.887. The highest BCUT2D eigenvalue weighted by Crippen LogP contribution is 2.46. The lowest BCUT2D eigenvalue weighted by Gasteiger charge is -2.38. The molecule has 0 radical (unpaired) electrons. The van der Waals surface area contributed by atoms with Crippen molar-refractivity contribution in [2.24, 2.45) is 11.3 Å². The first kappa shape index (κ1) is 24.9. The van der Waals surface area contributed by atoms with Crippen LogP contribution >= 0.6 is 15.9 Å². The van der Waals surface area contributed by atoms with Gasteiger partial charge >= 0.3 is 5.97 Å². The van der Waals surface area contributed by atoms with E-state index >= 15 is 0 Å². The van der Waals surface area contributed by atoms with Gasteiger partial charge in [0.25, 0.3) is 0 Å². The van der Waals surface area contributed by atoms with Gasteiger partial charge in [0.15, 0.2) is 5.78 Å². The third-order valence-electron chi connectivity index (χ3n) is 6.09. The number of rotatable bonds is 12. The van der Waals surface area contributed by atoms with Crippen molar-refractivity contribution in [3.63, 3.8) is 0 Å². The van der Waals surface area contributed by atoms with Crippen LogP contribution in [0, 0.1) is 5.41 Å². The number of halogens is 1. The van der Waals surface area contributed by atoms with E-state index in [1.165, 1.54) is 0 Å². The van der Waals surface area contributed by atoms with E-state index in [1.807, 2.05) is 91.0 Å². The molecule has 4 nitrogen and oxygen atoms in total. The van der Waals surface area contributed by atoms with Crippen molar-refractivity contribution < 1.29 is 14.4 Å². The second kappa shape index (κ2) is 12.5. The van der Waals surface area contributed by atoms with Gasteiger partial charge in [-0.05, 0) is 36.0 Å². The fourth-order valence-corrected chi connectivity index (χ4v) is 4.92. The molecule has 0 heterocycles. The molecular weight excluding hydrogens is 478 g/mol. The number of unbranched alkanes of at least 4 members (excludes halogenated alkanes) is 2. The summed E-state index contributed by atoms with van der Waals surface area (Å²) < 4.78 is 0. The molecule has 0 saturated carbocycles. The van der Waals surface area contributed by atoms with Crippen LogP contribution in [0.3, 0.4) is 0 Å². The topological polar surface area (TPSA) is 69.4 Å². The Morgan fingerprint density at radius 2 is 1.30 bits per heavy atom. The van der Waals surface area contributed by atoms with Gasteiger partial charge in [-0.1, -0.05) is 113 Å². The first-order valence-corrected chi connectivity index (χ1v) is 12.4. The normalized spacial score (nSPS) is 12.8. The first-order chi connectivity index (χ1) is 16.1. The Morgan fingerprint density at radius 3 is 1.79 bits per heavy atom. The molecule has 0 aliphatic rings. The molecule has 172 valence electrons. The average Bonchev–Trinajstić information content (AvgIpc) is 2.87. The van der Waals surface area contributed by atoms with Gasteiger partial charge in [-0.15, -0.1) is 0 Å². The Morgan fingerprint density at radius 1 is 0.788 bits per heavy atom. The first-order valence-electron chi connectivity index (χ1n) is 11.3. The van der Waals surface area contributed by atoms with Crippen LogP contribution in [-0.4, -0.2) is 17.1 Å². The molecule has 33 heavy (non-hydrogen) atoms. The van der Waals surface area contributed by atoms with E-state index in [1.54, 1.807) is 0 Å². The second-order valence-corrected chi connectivity index (χ2v) is 9.01. The summed E-state index contributed by atoms with van der Waals surface area (Å²) in [6, 6.07) is 29.0. The predicted molar refractivity (Wildman–Crippen MR) is 135 cm³/mol. The zero-order valence-corrected chi connectivity index (χ0v) is 20.2. The molecule has 2 N–H and O–H groups in total. The van der Waals surface area contributed by atoms with Crippen LogP contribution in [0.1, 0.15) is 48.3 Å². The number of Topliss-reactive ketones (excluding diaryl/α,β-unsaturated/α-hetero) is 1. The molecule has 0 spiro atoms. The molecule has 3 aromatic rings. The van der Waals surface area contributed by atoms with Gasteiger partial charge < -0.3 is 4.84 Å². The number of hydrogen-bond donors (Lipinski definition) is 1. The maximum atomic E-state index is 14.1. The number of ketones is 1. The van der Waals surface area contributed by atoms with Crippen LogP contribution in [0.15, 0.2) is 91.0 Å². The highest BCUT2D eigenvalue weighted by Gasteiger charge is 2.53. The monoisotopic (exact) mass is 507 g/mol. The predicted octanol–water partition coefficient (Wildman–Crippen LogP) is 5.99. The van der Waals surface area contributed by atoms with Crippen LogP contribution < -0.4 is 5.90 Å². The fraction of sp³-hybridized carbons (Fsp3) is 0.286. The molecule has 0 unspecified atom stereocenters. The molecule has 0 fully saturated rings. The van der Waals surface area contributed by atoms with Crippen LogP contribution in [0.25, 0.3) is 0 Å². The second-order valence-electron chi connectivity index (χ2n) is 8.22. The van der Waals surface area contributed by atoms with Crippen LogP contribution in [-0.2, 0) is 20.8 Å². The highest BCUT2D eigenvalue weighted by atomic mass is 79.9. The molecule has 0 bridgehead atoms. The molecule has 0 aliphatic heterocycles. The van der Waals surface area contributed by atoms with Crippen molar-refractivity contribution in [3.05, 3.63) is 108 Å². The Balaban J connectivity index is 2.20. The molecule has 0 amide bonds. The van der Waals surface area contributed by atoms with Gasteiger partial charge in [-0.2, -0.15) is 5.90 Å². The molecule has 3 aromatic carbocycles. The number of carbonyl (C=O) groups is 2. The van der Waals surface area contributed by atoms with Gasteiger partial charge in [-0.25, -0.2) is 4.79 Å². The van der Waals surface area contributed by atoms with E-state index < -0.39 is 17.3 Å². The summed E-state index contributed by atoms with van der Waals surface area (Å²) >= 11 is 3.44. The van der Waals surface area contributed by atoms with Crippen molar-refractivity contribution in [1.82, 2.24) is 0 Å². The molecule has 0 saturated heterocycles. The van der Waals surface area contributed by atoms with E-state index in [4.69, 9.17) is 10.7 Å². The van der Waals surface area contributed by atoms with Crippen molar-refractivity contribution >= 4 is 27.7 Å². The van der Waals surface area contributed by atoms with Crippen molar-refractivity contribution in [2.75, 3.05) is 5.33 Å². The summed E-state index contributed by atoms with van der Waals surface area (Å²) in [4.78, 5) is 32.5. The van der Waals surface area contributed by atoms with Gasteiger partial charge in [-0.3, -0.25) is 4.79 Å². The lowest BCUT2D eigenvalue weighted by atomic mass is 9.62. The minimum absolute atomic E-state index is 0.144. The number of nitrogens with two attached hydrogens (primary N) is 1. The minimum Gasteiger partial charge on any atom is -0.373 e. The van der Waals surface area contributed by atoms with E-state index in [9.17, 15) is 9.59 Å². The fourth-order valence-electron chi connectivity index (χ4n) is 4.52. The van der Waals surface area contributed by atoms with Gasteiger partial charge in [0.2, 0.25) is 0 Å². The summed E-state index contributed by atoms with van der Waals surface area (Å²) in [6.45, 7) is 0. The van der Waals surface area contributed by atoms with E-state index in [2.05, 4.69) is 15.9 Å². The Labute approximate surface area is 204 Å². The summed E-state index contributed by atoms with van der Waals surface area (Å²) in [5.41, 5.74) is 1.14. The minimum atomic E-state index is -1.49. The molecular formula is C28H30BrNO3. The van der Waals surface area contributed by atoms with Gasteiger partial charge in [0.1, 0.15) is 5.41 Å². The largest absolute Gasteiger partial charge is 0.373 e. The van der Waals surface area contributed by atoms with E-state index in [0.717, 1.165) is 34.9 Å². The third-order valence-corrected chi connectivity index (χ3v) is 6.65. The zero-order valence-electron chi connectivity index (χ0n) is 18.7. The summed E-state index contributed by atoms with van der Waals surface area (Å²) in [5.74, 6) is 4.13. The van der Waals surface area contributed by atoms with Gasteiger partial charge in [0, 0.05) is 17.7 Å². The number of carbonyl (C=O) groups excluding carboxylic acids is 2. The van der Waals surface area contributed by atoms with Crippen LogP contribution in [0.4, 0.5) is 0 Å². The van der Waals surface area contributed by atoms with Crippen molar-refractivity contribution in [2.45, 2.75) is 38.0 Å². The summed E-state index contributed by atoms with van der Waals surface area (Å²) in [6.07, 6.45) is 3.06. The number of benzene rings is 3. The molecule has 3 rings (SSSR count). The standard InChI is InChI=1S/C28H30BrNO3/c29-20-12-4-11-19-25(31)28(27(32)33-30,21-22-13-5-1-6-14-22)26(23-15-7-2-8-16-23)24-17-9-3-10-18-24/h1-3,5-10,13-18,26H,4,11-12,19-21,30H2/t28-/m1/s1. The Hall–Kier alpha value is -2.76. The lowest BCUT2D eigenvalue weighted by molar-refractivity contribution is -0.162. The summed E-state index contributed by atoms with van der Waals surface area (Å²) in [7, 11) is 0.